The molecule has 5 nitrogen and oxygen atoms in total. The van der Waals surface area contributed by atoms with Gasteiger partial charge in [0.15, 0.2) is 0 Å². The molecule has 1 aliphatic carbocycles. The molecule has 0 spiro atoms. The molecule has 0 saturated carbocycles. The first kappa shape index (κ1) is 20.5. The van der Waals surface area contributed by atoms with Crippen molar-refractivity contribution in [2.45, 2.75) is 57.5 Å². The Morgan fingerprint density at radius 2 is 1.86 bits per heavy atom. The summed E-state index contributed by atoms with van der Waals surface area (Å²) in [5.41, 5.74) is 0.925. The molecular formula is C24H36N4O. The van der Waals surface area contributed by atoms with E-state index < -0.39 is 0 Å². The standard InChI is InChI=1S/C24H36N4O/c29-24(26-18-22-8-4-5-13-25-22)21-9-16-28(17-10-21)23-11-14-27(15-12-23)19-20-6-2-1-3-7-20/h1-2,4-5,8,13,20-21,23H,3,6-7,9-12,14-19H2,(H,26,29)/t20-/m1/s1. The smallest absolute Gasteiger partial charge is 0.223 e. The van der Waals surface area contributed by atoms with Gasteiger partial charge in [-0.3, -0.25) is 9.78 Å². The fourth-order valence-electron chi connectivity index (χ4n) is 5.21. The molecule has 2 fully saturated rings. The minimum atomic E-state index is 0.161. The normalized spacial score (nSPS) is 25.2. The number of pyridine rings is 1. The Morgan fingerprint density at radius 3 is 2.55 bits per heavy atom. The predicted octanol–water partition coefficient (Wildman–Crippen LogP) is 3.23. The quantitative estimate of drug-likeness (QED) is 0.750. The van der Waals surface area contributed by atoms with Crippen LogP contribution in [0.1, 0.15) is 50.6 Å². The van der Waals surface area contributed by atoms with Gasteiger partial charge in [-0.1, -0.05) is 18.2 Å². The van der Waals surface area contributed by atoms with Gasteiger partial charge in [0.1, 0.15) is 0 Å². The van der Waals surface area contributed by atoms with E-state index in [1.165, 1.54) is 51.7 Å². The molecule has 0 aromatic carbocycles. The maximum atomic E-state index is 12.5. The van der Waals surface area contributed by atoms with Gasteiger partial charge in [0.2, 0.25) is 5.91 Å². The van der Waals surface area contributed by atoms with E-state index in [9.17, 15) is 4.79 Å². The van der Waals surface area contributed by atoms with Crippen molar-refractivity contribution in [1.82, 2.24) is 20.1 Å². The molecule has 3 aliphatic rings. The van der Waals surface area contributed by atoms with Gasteiger partial charge in [0.25, 0.3) is 0 Å². The van der Waals surface area contributed by atoms with E-state index in [0.717, 1.165) is 43.6 Å². The molecular weight excluding hydrogens is 360 g/mol. The van der Waals surface area contributed by atoms with Crippen molar-refractivity contribution in [3.8, 4) is 0 Å². The Bertz CT molecular complexity index is 661. The van der Waals surface area contributed by atoms with Crippen LogP contribution < -0.4 is 5.32 Å². The van der Waals surface area contributed by atoms with Crippen molar-refractivity contribution in [3.05, 3.63) is 42.2 Å². The molecule has 0 bridgehead atoms. The summed E-state index contributed by atoms with van der Waals surface area (Å²) in [6.07, 6.45) is 15.0. The molecule has 2 saturated heterocycles. The third-order valence-electron chi connectivity index (χ3n) is 7.04. The molecule has 0 radical (unpaired) electrons. The number of piperidine rings is 2. The minimum absolute atomic E-state index is 0.161. The van der Waals surface area contributed by atoms with Crippen molar-refractivity contribution < 1.29 is 4.79 Å². The molecule has 2 aliphatic heterocycles. The average Bonchev–Trinajstić information content (AvgIpc) is 2.79. The second kappa shape index (κ2) is 10.4. The van der Waals surface area contributed by atoms with Crippen molar-refractivity contribution in [3.63, 3.8) is 0 Å². The lowest BCUT2D eigenvalue weighted by molar-refractivity contribution is -0.126. The maximum absolute atomic E-state index is 12.5. The zero-order valence-corrected chi connectivity index (χ0v) is 17.6. The first-order valence-corrected chi connectivity index (χ1v) is 11.6. The predicted molar refractivity (Wildman–Crippen MR) is 116 cm³/mol. The number of amides is 1. The van der Waals surface area contributed by atoms with Crippen LogP contribution in [-0.2, 0) is 11.3 Å². The molecule has 4 rings (SSSR count). The maximum Gasteiger partial charge on any atom is 0.223 e. The zero-order valence-electron chi connectivity index (χ0n) is 17.6. The van der Waals surface area contributed by atoms with Crippen LogP contribution in [0.15, 0.2) is 36.5 Å². The second-order valence-electron chi connectivity index (χ2n) is 9.03. The third-order valence-corrected chi connectivity index (χ3v) is 7.04. The monoisotopic (exact) mass is 396 g/mol. The number of likely N-dealkylation sites (tertiary alicyclic amines) is 2. The molecule has 3 heterocycles. The van der Waals surface area contributed by atoms with Gasteiger partial charge >= 0.3 is 0 Å². The lowest BCUT2D eigenvalue weighted by Gasteiger charge is -2.42. The fourth-order valence-corrected chi connectivity index (χ4v) is 5.21. The highest BCUT2D eigenvalue weighted by atomic mass is 16.1. The topological polar surface area (TPSA) is 48.5 Å². The molecule has 5 heteroatoms. The number of hydrogen-bond acceptors (Lipinski definition) is 4. The van der Waals surface area contributed by atoms with Crippen LogP contribution in [0.3, 0.4) is 0 Å². The van der Waals surface area contributed by atoms with Crippen LogP contribution in [0, 0.1) is 11.8 Å². The van der Waals surface area contributed by atoms with Gasteiger partial charge in [-0.15, -0.1) is 0 Å². The van der Waals surface area contributed by atoms with Crippen LogP contribution >= 0.6 is 0 Å². The molecule has 0 unspecified atom stereocenters. The summed E-state index contributed by atoms with van der Waals surface area (Å²) in [6.45, 7) is 6.45. The Hall–Kier alpha value is -1.72. The van der Waals surface area contributed by atoms with Crippen LogP contribution in [0.25, 0.3) is 0 Å². The number of aromatic nitrogens is 1. The molecule has 158 valence electrons. The van der Waals surface area contributed by atoms with E-state index in [1.54, 1.807) is 6.20 Å². The van der Waals surface area contributed by atoms with Gasteiger partial charge in [-0.05, 0) is 89.2 Å². The van der Waals surface area contributed by atoms with Gasteiger partial charge in [-0.25, -0.2) is 0 Å². The van der Waals surface area contributed by atoms with Crippen molar-refractivity contribution >= 4 is 5.91 Å². The summed E-state index contributed by atoms with van der Waals surface area (Å²) >= 11 is 0. The number of nitrogens with zero attached hydrogens (tertiary/aromatic N) is 3. The Labute approximate surface area is 175 Å². The van der Waals surface area contributed by atoms with E-state index in [1.807, 2.05) is 18.2 Å². The van der Waals surface area contributed by atoms with E-state index in [2.05, 4.69) is 32.3 Å². The number of nitrogens with one attached hydrogen (secondary N) is 1. The Morgan fingerprint density at radius 1 is 1.03 bits per heavy atom. The summed E-state index contributed by atoms with van der Waals surface area (Å²) in [5.74, 6) is 1.23. The van der Waals surface area contributed by atoms with E-state index >= 15 is 0 Å². The Balaban J connectivity index is 1.14. The highest BCUT2D eigenvalue weighted by molar-refractivity contribution is 5.78. The lowest BCUT2D eigenvalue weighted by Crippen LogP contribution is -2.49. The SMILES string of the molecule is O=C(NCc1ccccn1)C1CCN(C2CCN(C[C@@H]3CC=CCC3)CC2)CC1. The molecule has 1 atom stereocenters. The molecule has 1 N–H and O–H groups in total. The Kier molecular flexibility index (Phi) is 7.33. The molecule has 1 aromatic heterocycles. The fraction of sp³-hybridized carbons (Fsp3) is 0.667. The first-order valence-electron chi connectivity index (χ1n) is 11.6. The summed E-state index contributed by atoms with van der Waals surface area (Å²) in [6, 6.07) is 6.54. The molecule has 1 amide bonds. The largest absolute Gasteiger partial charge is 0.350 e. The summed E-state index contributed by atoms with van der Waals surface area (Å²) in [5, 5.41) is 3.08. The number of carbonyl (C=O) groups excluding carboxylic acids is 1. The van der Waals surface area contributed by atoms with Gasteiger partial charge < -0.3 is 15.1 Å². The second-order valence-corrected chi connectivity index (χ2v) is 9.03. The van der Waals surface area contributed by atoms with Crippen LogP contribution in [0.4, 0.5) is 0 Å². The first-order chi connectivity index (χ1) is 14.3. The number of rotatable bonds is 6. The highest BCUT2D eigenvalue weighted by Crippen LogP contribution is 2.26. The summed E-state index contributed by atoms with van der Waals surface area (Å²) < 4.78 is 0. The number of hydrogen-bond donors (Lipinski definition) is 1. The van der Waals surface area contributed by atoms with Gasteiger partial charge in [-0.2, -0.15) is 0 Å². The highest BCUT2D eigenvalue weighted by Gasteiger charge is 2.31. The summed E-state index contributed by atoms with van der Waals surface area (Å²) in [7, 11) is 0. The van der Waals surface area contributed by atoms with Crippen LogP contribution in [0.2, 0.25) is 0 Å². The van der Waals surface area contributed by atoms with E-state index in [-0.39, 0.29) is 11.8 Å². The van der Waals surface area contributed by atoms with Crippen molar-refractivity contribution in [2.24, 2.45) is 11.8 Å². The third kappa shape index (κ3) is 5.89. The van der Waals surface area contributed by atoms with Crippen LogP contribution in [0.5, 0.6) is 0 Å². The van der Waals surface area contributed by atoms with E-state index in [4.69, 9.17) is 0 Å². The zero-order chi connectivity index (χ0) is 19.9. The van der Waals surface area contributed by atoms with E-state index in [0.29, 0.717) is 6.54 Å². The summed E-state index contributed by atoms with van der Waals surface area (Å²) in [4.78, 5) is 22.1. The van der Waals surface area contributed by atoms with Gasteiger partial charge in [0, 0.05) is 24.7 Å². The number of carbonyl (C=O) groups is 1. The van der Waals surface area contributed by atoms with Gasteiger partial charge in [0.05, 0.1) is 12.2 Å². The average molecular weight is 397 g/mol. The molecule has 29 heavy (non-hydrogen) atoms. The van der Waals surface area contributed by atoms with Crippen molar-refractivity contribution in [2.75, 3.05) is 32.7 Å². The van der Waals surface area contributed by atoms with Crippen LogP contribution in [-0.4, -0.2) is 59.5 Å². The minimum Gasteiger partial charge on any atom is -0.350 e. The lowest BCUT2D eigenvalue weighted by atomic mass is 9.91. The molecule has 1 aromatic rings. The number of allylic oxidation sites excluding steroid dienone is 2. The van der Waals surface area contributed by atoms with Crippen molar-refractivity contribution in [1.29, 1.82) is 0 Å².